The summed E-state index contributed by atoms with van der Waals surface area (Å²) in [5.74, 6) is 2.06. The minimum Gasteiger partial charge on any atom is -0.616 e. The van der Waals surface area contributed by atoms with Crippen molar-refractivity contribution >= 4 is 33.7 Å². The number of hydrogen-bond donors (Lipinski definition) is 1. The van der Waals surface area contributed by atoms with Gasteiger partial charge < -0.3 is 14.8 Å². The first-order valence-corrected chi connectivity index (χ1v) is 11.9. The molecule has 4 aromatic rings. The van der Waals surface area contributed by atoms with Crippen molar-refractivity contribution in [3.63, 3.8) is 0 Å². The number of nitrogens with one attached hydrogen (secondary N) is 1. The number of aromatic nitrogens is 3. The van der Waals surface area contributed by atoms with Crippen LogP contribution in [0.5, 0.6) is 0 Å². The van der Waals surface area contributed by atoms with Crippen LogP contribution in [0.1, 0.15) is 5.56 Å². The number of nitrogens with zero attached hydrogens (tertiary/aromatic N) is 4. The Hall–Kier alpha value is -3.23. The fraction of sp³-hybridized carbons (Fsp3) is 0.208. The second-order valence-electron chi connectivity index (χ2n) is 7.65. The summed E-state index contributed by atoms with van der Waals surface area (Å²) in [5, 5.41) is 4.05. The number of pyridine rings is 3. The predicted octanol–water partition coefficient (Wildman–Crippen LogP) is 4.01. The molecule has 32 heavy (non-hydrogen) atoms. The van der Waals surface area contributed by atoms with E-state index in [-0.39, 0.29) is 11.6 Å². The molecule has 8 heteroatoms. The first-order chi connectivity index (χ1) is 15.7. The lowest BCUT2D eigenvalue weighted by atomic mass is 10.0. The highest BCUT2D eigenvalue weighted by Crippen LogP contribution is 2.28. The van der Waals surface area contributed by atoms with Crippen molar-refractivity contribution in [2.45, 2.75) is 6.54 Å². The Labute approximate surface area is 188 Å². The maximum absolute atomic E-state index is 15.2. The van der Waals surface area contributed by atoms with Crippen molar-refractivity contribution in [1.29, 1.82) is 0 Å². The molecule has 6 nitrogen and oxygen atoms in total. The number of hydrogen-bond acceptors (Lipinski definition) is 6. The van der Waals surface area contributed by atoms with Crippen LogP contribution in [-0.4, -0.2) is 44.1 Å². The molecule has 162 valence electrons. The number of rotatable bonds is 5. The Kier molecular flexibility index (Phi) is 5.87. The molecule has 1 fully saturated rings. The molecule has 0 radical (unpaired) electrons. The van der Waals surface area contributed by atoms with Crippen molar-refractivity contribution in [3.05, 3.63) is 78.5 Å². The van der Waals surface area contributed by atoms with E-state index in [1.54, 1.807) is 24.7 Å². The molecule has 0 atom stereocenters. The van der Waals surface area contributed by atoms with Gasteiger partial charge in [-0.2, -0.15) is 0 Å². The van der Waals surface area contributed by atoms with Crippen molar-refractivity contribution in [2.24, 2.45) is 0 Å². The number of fused-ring (bicyclic) bond motifs is 1. The average Bonchev–Trinajstić information content (AvgIpc) is 2.84. The summed E-state index contributed by atoms with van der Waals surface area (Å²) in [6.45, 7) is 1.92. The van der Waals surface area contributed by atoms with Crippen LogP contribution in [0.15, 0.2) is 67.1 Å². The lowest BCUT2D eigenvalue weighted by Gasteiger charge is -2.29. The summed E-state index contributed by atoms with van der Waals surface area (Å²) in [6, 6.07) is 15.1. The summed E-state index contributed by atoms with van der Waals surface area (Å²) in [6.07, 6.45) is 5.13. The number of halogens is 1. The average molecular weight is 448 g/mol. The van der Waals surface area contributed by atoms with E-state index in [9.17, 15) is 4.55 Å². The van der Waals surface area contributed by atoms with E-state index in [0.717, 1.165) is 40.9 Å². The van der Waals surface area contributed by atoms with E-state index in [4.69, 9.17) is 0 Å². The van der Waals surface area contributed by atoms with E-state index >= 15 is 4.39 Å². The van der Waals surface area contributed by atoms with Crippen LogP contribution in [-0.2, 0) is 17.7 Å². The summed E-state index contributed by atoms with van der Waals surface area (Å²) < 4.78 is 26.7. The van der Waals surface area contributed by atoms with Crippen LogP contribution in [0.2, 0.25) is 0 Å². The van der Waals surface area contributed by atoms with Crippen molar-refractivity contribution < 1.29 is 8.94 Å². The molecule has 5 rings (SSSR count). The number of benzene rings is 1. The van der Waals surface area contributed by atoms with Crippen LogP contribution < -0.4 is 10.2 Å². The molecule has 0 amide bonds. The smallest absolute Gasteiger partial charge is 0.173 e. The third-order valence-electron chi connectivity index (χ3n) is 5.57. The first-order valence-electron chi connectivity index (χ1n) is 10.5. The van der Waals surface area contributed by atoms with Gasteiger partial charge in [0.2, 0.25) is 0 Å². The first kappa shape index (κ1) is 20.7. The van der Waals surface area contributed by atoms with Crippen molar-refractivity contribution in [3.8, 4) is 11.1 Å². The molecule has 4 heterocycles. The zero-order chi connectivity index (χ0) is 21.9. The monoisotopic (exact) mass is 447 g/mol. The second kappa shape index (κ2) is 9.10. The van der Waals surface area contributed by atoms with Crippen LogP contribution in [0.4, 0.5) is 16.0 Å². The minimum atomic E-state index is -0.714. The largest absolute Gasteiger partial charge is 0.616 e. The zero-order valence-corrected chi connectivity index (χ0v) is 18.2. The Balaban J connectivity index is 1.30. The molecular formula is C24H22FN5OS. The van der Waals surface area contributed by atoms with Gasteiger partial charge in [-0.3, -0.25) is 4.98 Å². The van der Waals surface area contributed by atoms with Gasteiger partial charge in [0.25, 0.3) is 0 Å². The van der Waals surface area contributed by atoms with E-state index in [1.165, 1.54) is 0 Å². The van der Waals surface area contributed by atoms with Crippen LogP contribution in [0, 0.1) is 5.82 Å². The molecule has 0 spiro atoms. The molecule has 0 unspecified atom stereocenters. The predicted molar refractivity (Wildman–Crippen MR) is 127 cm³/mol. The Morgan fingerprint density at radius 1 is 1.00 bits per heavy atom. The molecular weight excluding hydrogens is 425 g/mol. The highest BCUT2D eigenvalue weighted by atomic mass is 32.2. The minimum absolute atomic E-state index is 0.205. The molecule has 1 N–H and O–H groups in total. The fourth-order valence-corrected chi connectivity index (χ4v) is 4.85. The molecule has 1 saturated heterocycles. The SMILES string of the molecule is [O-][S+]1CCN(c2ccc(CNc3nccc(-c4ccc5ncccc5c4)c3F)cn2)CC1. The maximum atomic E-state index is 15.2. The summed E-state index contributed by atoms with van der Waals surface area (Å²) >= 11 is -0.714. The Bertz CT molecular complexity index is 1230. The molecule has 1 aliphatic heterocycles. The Morgan fingerprint density at radius 2 is 1.88 bits per heavy atom. The Morgan fingerprint density at radius 3 is 2.69 bits per heavy atom. The quantitative estimate of drug-likeness (QED) is 0.466. The number of anilines is 2. The normalized spacial score (nSPS) is 14.6. The lowest BCUT2D eigenvalue weighted by Crippen LogP contribution is -2.40. The van der Waals surface area contributed by atoms with Crippen LogP contribution in [0.25, 0.3) is 22.0 Å². The summed E-state index contributed by atoms with van der Waals surface area (Å²) in [4.78, 5) is 15.2. The van der Waals surface area contributed by atoms with E-state index < -0.39 is 11.2 Å². The second-order valence-corrected chi connectivity index (χ2v) is 9.34. The third-order valence-corrected chi connectivity index (χ3v) is 6.85. The van der Waals surface area contributed by atoms with Gasteiger partial charge in [-0.15, -0.1) is 0 Å². The molecule has 1 aromatic carbocycles. The van der Waals surface area contributed by atoms with E-state index in [0.29, 0.717) is 23.6 Å². The fourth-order valence-electron chi connectivity index (χ4n) is 3.79. The van der Waals surface area contributed by atoms with Gasteiger partial charge >= 0.3 is 0 Å². The summed E-state index contributed by atoms with van der Waals surface area (Å²) in [7, 11) is 0. The molecule has 0 saturated carbocycles. The van der Waals surface area contributed by atoms with Gasteiger partial charge in [-0.1, -0.05) is 29.4 Å². The topological polar surface area (TPSA) is 77.0 Å². The molecule has 1 aliphatic rings. The van der Waals surface area contributed by atoms with Gasteiger partial charge in [0, 0.05) is 36.1 Å². The van der Waals surface area contributed by atoms with Crippen LogP contribution in [0.3, 0.4) is 0 Å². The molecule has 0 aliphatic carbocycles. The van der Waals surface area contributed by atoms with Gasteiger partial charge in [0.05, 0.1) is 18.6 Å². The highest BCUT2D eigenvalue weighted by Gasteiger charge is 2.20. The van der Waals surface area contributed by atoms with Crippen LogP contribution >= 0.6 is 0 Å². The lowest BCUT2D eigenvalue weighted by molar-refractivity contribution is 0.585. The van der Waals surface area contributed by atoms with Gasteiger partial charge in [0.1, 0.15) is 17.3 Å². The van der Waals surface area contributed by atoms with E-state index in [1.807, 2.05) is 42.5 Å². The third kappa shape index (κ3) is 4.37. The maximum Gasteiger partial charge on any atom is 0.173 e. The summed E-state index contributed by atoms with van der Waals surface area (Å²) in [5.41, 5.74) is 3.07. The van der Waals surface area contributed by atoms with Gasteiger partial charge in [0.15, 0.2) is 11.6 Å². The highest BCUT2D eigenvalue weighted by molar-refractivity contribution is 7.91. The van der Waals surface area contributed by atoms with Gasteiger partial charge in [-0.25, -0.2) is 14.4 Å². The van der Waals surface area contributed by atoms with Crippen molar-refractivity contribution in [2.75, 3.05) is 34.8 Å². The molecule has 3 aromatic heterocycles. The molecule has 0 bridgehead atoms. The van der Waals surface area contributed by atoms with E-state index in [2.05, 4.69) is 25.2 Å². The zero-order valence-electron chi connectivity index (χ0n) is 17.4. The van der Waals surface area contributed by atoms with Crippen molar-refractivity contribution in [1.82, 2.24) is 15.0 Å². The standard InChI is InChI=1S/C24H22FN5OS/c25-23-20(18-4-5-21-19(14-18)2-1-8-26-21)7-9-27-24(23)29-16-17-3-6-22(28-15-17)30-10-12-32(31)13-11-30/h1-9,14-15H,10-13,16H2,(H,27,29). The van der Waals surface area contributed by atoms with Gasteiger partial charge in [-0.05, 0) is 41.5 Å².